The zero-order valence-electron chi connectivity index (χ0n) is 9.29. The van der Waals surface area contributed by atoms with E-state index < -0.39 is 5.82 Å². The molecule has 2 N–H and O–H groups in total. The van der Waals surface area contributed by atoms with Gasteiger partial charge in [0.1, 0.15) is 12.4 Å². The Bertz CT molecular complexity index is 523. The number of nitrogens with two attached hydrogens (primary N) is 1. The molecular formula is C13H10BrF2NO. The van der Waals surface area contributed by atoms with Crippen molar-refractivity contribution in [2.45, 2.75) is 6.61 Å². The van der Waals surface area contributed by atoms with E-state index in [2.05, 4.69) is 15.9 Å². The summed E-state index contributed by atoms with van der Waals surface area (Å²) >= 11 is 3.22. The van der Waals surface area contributed by atoms with Crippen LogP contribution in [0.15, 0.2) is 40.9 Å². The third-order valence-electron chi connectivity index (χ3n) is 2.35. The molecule has 0 amide bonds. The Labute approximate surface area is 112 Å². The van der Waals surface area contributed by atoms with E-state index in [9.17, 15) is 8.78 Å². The van der Waals surface area contributed by atoms with Crippen molar-refractivity contribution in [1.29, 1.82) is 0 Å². The number of anilines is 1. The maximum Gasteiger partial charge on any atom is 0.167 e. The van der Waals surface area contributed by atoms with Crippen LogP contribution in [0.3, 0.4) is 0 Å². The second-order valence-corrected chi connectivity index (χ2v) is 4.57. The second kappa shape index (κ2) is 5.35. The summed E-state index contributed by atoms with van der Waals surface area (Å²) in [6.07, 6.45) is 0. The largest absolute Gasteiger partial charge is 0.486 e. The SMILES string of the molecule is Nc1ccc(OCc2ccc(F)cc2Br)c(F)c1. The number of rotatable bonds is 3. The molecule has 0 saturated carbocycles. The Balaban J connectivity index is 2.11. The van der Waals surface area contributed by atoms with Crippen molar-refractivity contribution in [1.82, 2.24) is 0 Å². The maximum atomic E-state index is 13.4. The number of hydrogen-bond donors (Lipinski definition) is 1. The highest BCUT2D eigenvalue weighted by atomic mass is 79.9. The molecule has 2 nitrogen and oxygen atoms in total. The van der Waals surface area contributed by atoms with Gasteiger partial charge >= 0.3 is 0 Å². The molecule has 94 valence electrons. The lowest BCUT2D eigenvalue weighted by atomic mass is 10.2. The molecule has 0 saturated heterocycles. The number of halogens is 3. The van der Waals surface area contributed by atoms with E-state index in [-0.39, 0.29) is 18.2 Å². The van der Waals surface area contributed by atoms with Gasteiger partial charge in [-0.2, -0.15) is 0 Å². The molecule has 0 heterocycles. The van der Waals surface area contributed by atoms with Crippen LogP contribution in [0, 0.1) is 11.6 Å². The molecule has 0 spiro atoms. The summed E-state index contributed by atoms with van der Waals surface area (Å²) < 4.78 is 32.2. The normalized spacial score (nSPS) is 10.4. The Kier molecular flexibility index (Phi) is 3.81. The Morgan fingerprint density at radius 2 is 1.89 bits per heavy atom. The lowest BCUT2D eigenvalue weighted by molar-refractivity contribution is 0.289. The molecule has 5 heteroatoms. The number of benzene rings is 2. The van der Waals surface area contributed by atoms with Crippen LogP contribution >= 0.6 is 15.9 Å². The second-order valence-electron chi connectivity index (χ2n) is 3.71. The van der Waals surface area contributed by atoms with Gasteiger partial charge in [0.25, 0.3) is 0 Å². The molecular weight excluding hydrogens is 304 g/mol. The zero-order chi connectivity index (χ0) is 13.1. The monoisotopic (exact) mass is 313 g/mol. The van der Waals surface area contributed by atoms with Gasteiger partial charge in [0.2, 0.25) is 0 Å². The predicted octanol–water partition coefficient (Wildman–Crippen LogP) is 3.89. The summed E-state index contributed by atoms with van der Waals surface area (Å²) in [6.45, 7) is 0.141. The average Bonchev–Trinajstić information content (AvgIpc) is 2.30. The highest BCUT2D eigenvalue weighted by Gasteiger charge is 2.06. The van der Waals surface area contributed by atoms with Crippen LogP contribution in [0.4, 0.5) is 14.5 Å². The molecule has 2 aromatic carbocycles. The minimum absolute atomic E-state index is 0.112. The van der Waals surface area contributed by atoms with Gasteiger partial charge in [-0.3, -0.25) is 0 Å². The summed E-state index contributed by atoms with van der Waals surface area (Å²) in [6, 6.07) is 8.44. The van der Waals surface area contributed by atoms with Gasteiger partial charge in [-0.15, -0.1) is 0 Å². The summed E-state index contributed by atoms with van der Waals surface area (Å²) in [7, 11) is 0. The topological polar surface area (TPSA) is 35.2 Å². The third-order valence-corrected chi connectivity index (χ3v) is 3.09. The highest BCUT2D eigenvalue weighted by Crippen LogP contribution is 2.23. The van der Waals surface area contributed by atoms with Gasteiger partial charge in [0.05, 0.1) is 0 Å². The van der Waals surface area contributed by atoms with Gasteiger partial charge < -0.3 is 10.5 Å². The van der Waals surface area contributed by atoms with E-state index in [0.717, 1.165) is 5.56 Å². The molecule has 0 aromatic heterocycles. The van der Waals surface area contributed by atoms with E-state index in [0.29, 0.717) is 10.2 Å². The van der Waals surface area contributed by atoms with Crippen LogP contribution in [0.5, 0.6) is 5.75 Å². The lowest BCUT2D eigenvalue weighted by Gasteiger charge is -2.09. The van der Waals surface area contributed by atoms with Crippen molar-refractivity contribution in [2.24, 2.45) is 0 Å². The molecule has 0 aliphatic carbocycles. The van der Waals surface area contributed by atoms with Gasteiger partial charge in [0.15, 0.2) is 11.6 Å². The predicted molar refractivity (Wildman–Crippen MR) is 69.2 cm³/mol. The molecule has 0 unspecified atom stereocenters. The fourth-order valence-electron chi connectivity index (χ4n) is 1.43. The molecule has 0 aliphatic rings. The van der Waals surface area contributed by atoms with Crippen LogP contribution in [0.25, 0.3) is 0 Å². The zero-order valence-corrected chi connectivity index (χ0v) is 10.9. The first-order valence-corrected chi connectivity index (χ1v) is 5.97. The number of ether oxygens (including phenoxy) is 1. The molecule has 0 aliphatic heterocycles. The Morgan fingerprint density at radius 3 is 2.56 bits per heavy atom. The van der Waals surface area contributed by atoms with Crippen molar-refractivity contribution in [3.8, 4) is 5.75 Å². The van der Waals surface area contributed by atoms with E-state index in [1.54, 1.807) is 12.1 Å². The summed E-state index contributed by atoms with van der Waals surface area (Å²) in [5.41, 5.74) is 6.50. The maximum absolute atomic E-state index is 13.4. The summed E-state index contributed by atoms with van der Waals surface area (Å²) in [4.78, 5) is 0. The first-order valence-electron chi connectivity index (χ1n) is 5.18. The molecule has 18 heavy (non-hydrogen) atoms. The van der Waals surface area contributed by atoms with Crippen LogP contribution in [0.2, 0.25) is 0 Å². The van der Waals surface area contributed by atoms with Gasteiger partial charge in [-0.1, -0.05) is 22.0 Å². The Morgan fingerprint density at radius 1 is 1.11 bits per heavy atom. The van der Waals surface area contributed by atoms with Gasteiger partial charge in [-0.25, -0.2) is 8.78 Å². The quantitative estimate of drug-likeness (QED) is 0.873. The minimum Gasteiger partial charge on any atom is -0.486 e. The van der Waals surface area contributed by atoms with Crippen molar-refractivity contribution in [3.05, 3.63) is 58.1 Å². The third kappa shape index (κ3) is 2.98. The van der Waals surface area contributed by atoms with E-state index in [1.165, 1.54) is 24.3 Å². The summed E-state index contributed by atoms with van der Waals surface area (Å²) in [5.74, 6) is -0.752. The fraction of sp³-hybridized carbons (Fsp3) is 0.0769. The van der Waals surface area contributed by atoms with Crippen LogP contribution < -0.4 is 10.5 Å². The van der Waals surface area contributed by atoms with E-state index >= 15 is 0 Å². The standard InChI is InChI=1S/C13H10BrF2NO/c14-11-5-9(15)2-1-8(11)7-18-13-4-3-10(17)6-12(13)16/h1-6H,7,17H2. The lowest BCUT2D eigenvalue weighted by Crippen LogP contribution is -1.99. The minimum atomic E-state index is -0.520. The van der Waals surface area contributed by atoms with E-state index in [4.69, 9.17) is 10.5 Å². The first kappa shape index (κ1) is 12.8. The van der Waals surface area contributed by atoms with E-state index in [1.807, 2.05) is 0 Å². The molecule has 0 fully saturated rings. The number of nitrogen functional groups attached to an aromatic ring is 1. The fourth-order valence-corrected chi connectivity index (χ4v) is 1.89. The van der Waals surface area contributed by atoms with Crippen molar-refractivity contribution in [3.63, 3.8) is 0 Å². The average molecular weight is 314 g/mol. The van der Waals surface area contributed by atoms with Crippen LogP contribution in [0.1, 0.15) is 5.56 Å². The van der Waals surface area contributed by atoms with Crippen molar-refractivity contribution >= 4 is 21.6 Å². The number of hydrogen-bond acceptors (Lipinski definition) is 2. The molecule has 2 rings (SSSR count). The Hall–Kier alpha value is -1.62. The smallest absolute Gasteiger partial charge is 0.167 e. The van der Waals surface area contributed by atoms with Gasteiger partial charge in [-0.05, 0) is 24.3 Å². The molecule has 0 bridgehead atoms. The van der Waals surface area contributed by atoms with Crippen LogP contribution in [-0.4, -0.2) is 0 Å². The molecule has 2 aromatic rings. The molecule has 0 radical (unpaired) electrons. The van der Waals surface area contributed by atoms with Crippen molar-refractivity contribution in [2.75, 3.05) is 5.73 Å². The summed E-state index contributed by atoms with van der Waals surface area (Å²) in [5, 5.41) is 0. The highest BCUT2D eigenvalue weighted by molar-refractivity contribution is 9.10. The van der Waals surface area contributed by atoms with Crippen molar-refractivity contribution < 1.29 is 13.5 Å². The molecule has 0 atom stereocenters. The first-order chi connectivity index (χ1) is 8.56. The van der Waals surface area contributed by atoms with Crippen LogP contribution in [-0.2, 0) is 6.61 Å². The van der Waals surface area contributed by atoms with Gasteiger partial charge in [0, 0.05) is 21.8 Å².